The molecule has 0 saturated heterocycles. The van der Waals surface area contributed by atoms with Crippen LogP contribution in [0.15, 0.2) is 18.2 Å². The average Bonchev–Trinajstić information content (AvgIpc) is 2.39. The van der Waals surface area contributed by atoms with E-state index in [2.05, 4.69) is 5.32 Å². The van der Waals surface area contributed by atoms with Crippen LogP contribution >= 0.6 is 11.6 Å². The minimum atomic E-state index is -0.948. The van der Waals surface area contributed by atoms with E-state index in [4.69, 9.17) is 22.1 Å². The van der Waals surface area contributed by atoms with Crippen LogP contribution < -0.4 is 15.8 Å². The van der Waals surface area contributed by atoms with Gasteiger partial charge in [-0.25, -0.2) is 0 Å². The molecule has 1 aromatic carbocycles. The molecule has 0 aliphatic carbocycles. The van der Waals surface area contributed by atoms with Crippen LogP contribution in [0.25, 0.3) is 0 Å². The number of para-hydroxylation sites is 1. The van der Waals surface area contributed by atoms with E-state index in [9.17, 15) is 14.9 Å². The molecule has 0 aliphatic heterocycles. The number of primary amides is 1. The fraction of sp³-hybridized carbons (Fsp3) is 0.417. The van der Waals surface area contributed by atoms with Crippen molar-refractivity contribution >= 4 is 23.2 Å². The molecule has 0 fully saturated rings. The molecule has 0 spiro atoms. The molecule has 8 heteroatoms. The lowest BCUT2D eigenvalue weighted by atomic mass is 9.98. The van der Waals surface area contributed by atoms with Crippen molar-refractivity contribution in [2.75, 3.05) is 13.7 Å². The molecule has 1 amide bonds. The number of rotatable bonds is 7. The van der Waals surface area contributed by atoms with Crippen molar-refractivity contribution in [3.05, 3.63) is 33.3 Å². The van der Waals surface area contributed by atoms with E-state index in [-0.39, 0.29) is 29.5 Å². The van der Waals surface area contributed by atoms with Crippen molar-refractivity contribution in [1.82, 2.24) is 5.32 Å². The topological polar surface area (TPSA) is 107 Å². The molecule has 20 heavy (non-hydrogen) atoms. The Hall–Kier alpha value is -1.86. The first-order valence-corrected chi connectivity index (χ1v) is 6.24. The first-order valence-electron chi connectivity index (χ1n) is 5.86. The van der Waals surface area contributed by atoms with Crippen molar-refractivity contribution in [2.45, 2.75) is 18.9 Å². The molecule has 7 nitrogen and oxygen atoms in total. The van der Waals surface area contributed by atoms with Crippen LogP contribution in [0, 0.1) is 10.1 Å². The van der Waals surface area contributed by atoms with Gasteiger partial charge in [-0.05, 0) is 20.0 Å². The zero-order valence-corrected chi connectivity index (χ0v) is 11.9. The monoisotopic (exact) mass is 301 g/mol. The van der Waals surface area contributed by atoms with Crippen molar-refractivity contribution in [3.63, 3.8) is 0 Å². The van der Waals surface area contributed by atoms with E-state index in [1.54, 1.807) is 14.0 Å². The lowest BCUT2D eigenvalue weighted by molar-refractivity contribution is -0.385. The Morgan fingerprint density at radius 2 is 2.25 bits per heavy atom. The minimum Gasteiger partial charge on any atom is -0.486 e. The third-order valence-corrected chi connectivity index (χ3v) is 3.38. The summed E-state index contributed by atoms with van der Waals surface area (Å²) >= 11 is 5.88. The highest BCUT2D eigenvalue weighted by atomic mass is 35.5. The normalized spacial score (nSPS) is 13.6. The third kappa shape index (κ3) is 3.58. The second-order valence-electron chi connectivity index (χ2n) is 4.39. The maximum atomic E-state index is 11.3. The Labute approximate surface area is 121 Å². The van der Waals surface area contributed by atoms with Crippen LogP contribution in [0.5, 0.6) is 5.75 Å². The number of benzene rings is 1. The van der Waals surface area contributed by atoms with Gasteiger partial charge in [-0.2, -0.15) is 0 Å². The van der Waals surface area contributed by atoms with Gasteiger partial charge in [-0.1, -0.05) is 17.7 Å². The molecular weight excluding hydrogens is 286 g/mol. The maximum Gasteiger partial charge on any atom is 0.312 e. The van der Waals surface area contributed by atoms with Crippen LogP contribution in [0.2, 0.25) is 5.02 Å². The Morgan fingerprint density at radius 1 is 1.60 bits per heavy atom. The van der Waals surface area contributed by atoms with Crippen LogP contribution in [-0.2, 0) is 4.79 Å². The van der Waals surface area contributed by atoms with Crippen LogP contribution in [0.3, 0.4) is 0 Å². The zero-order valence-electron chi connectivity index (χ0n) is 11.2. The first kappa shape index (κ1) is 16.2. The van der Waals surface area contributed by atoms with E-state index in [1.165, 1.54) is 18.2 Å². The van der Waals surface area contributed by atoms with Gasteiger partial charge in [0.2, 0.25) is 11.7 Å². The molecule has 110 valence electrons. The number of nitro groups is 1. The number of nitro benzene ring substituents is 1. The number of amides is 1. The van der Waals surface area contributed by atoms with Crippen LogP contribution in [0.1, 0.15) is 13.3 Å². The van der Waals surface area contributed by atoms with Crippen molar-refractivity contribution in [3.8, 4) is 5.75 Å². The van der Waals surface area contributed by atoms with E-state index in [0.29, 0.717) is 0 Å². The highest BCUT2D eigenvalue weighted by molar-refractivity contribution is 6.32. The molecule has 1 rings (SSSR count). The number of hydrogen-bond donors (Lipinski definition) is 2. The molecular formula is C12H16ClN3O4. The largest absolute Gasteiger partial charge is 0.486 e. The van der Waals surface area contributed by atoms with Gasteiger partial charge in [0.25, 0.3) is 0 Å². The van der Waals surface area contributed by atoms with Crippen LogP contribution in [0.4, 0.5) is 5.69 Å². The van der Waals surface area contributed by atoms with Crippen molar-refractivity contribution < 1.29 is 14.5 Å². The van der Waals surface area contributed by atoms with E-state index in [0.717, 1.165) is 0 Å². The molecule has 0 aromatic heterocycles. The molecule has 0 radical (unpaired) electrons. The number of hydrogen-bond acceptors (Lipinski definition) is 5. The van der Waals surface area contributed by atoms with Gasteiger partial charge < -0.3 is 15.8 Å². The third-order valence-electron chi connectivity index (χ3n) is 3.09. The smallest absolute Gasteiger partial charge is 0.312 e. The summed E-state index contributed by atoms with van der Waals surface area (Å²) < 4.78 is 5.36. The number of nitrogens with zero attached hydrogens (tertiary/aromatic N) is 1. The summed E-state index contributed by atoms with van der Waals surface area (Å²) in [7, 11) is 1.60. The molecule has 0 heterocycles. The summed E-state index contributed by atoms with van der Waals surface area (Å²) in [5.74, 6) is -0.542. The Balaban J connectivity index is 2.81. The highest BCUT2D eigenvalue weighted by Gasteiger charge is 2.29. The van der Waals surface area contributed by atoms with Gasteiger partial charge in [-0.3, -0.25) is 14.9 Å². The van der Waals surface area contributed by atoms with E-state index in [1.807, 2.05) is 0 Å². The number of likely N-dealkylation sites (N-methyl/N-ethyl adjacent to an activating group) is 1. The van der Waals surface area contributed by atoms with Gasteiger partial charge in [-0.15, -0.1) is 0 Å². The molecule has 1 aromatic rings. The second kappa shape index (κ2) is 6.53. The van der Waals surface area contributed by atoms with Crippen LogP contribution in [-0.4, -0.2) is 30.0 Å². The summed E-state index contributed by atoms with van der Waals surface area (Å²) in [6.45, 7) is 1.69. The minimum absolute atomic E-state index is 0.0120. The molecule has 0 bridgehead atoms. The fourth-order valence-corrected chi connectivity index (χ4v) is 1.74. The Kier molecular flexibility index (Phi) is 5.29. The second-order valence-corrected chi connectivity index (χ2v) is 4.80. The number of carbonyl (C=O) groups excluding carboxylic acids is 1. The van der Waals surface area contributed by atoms with Gasteiger partial charge in [0, 0.05) is 12.5 Å². The van der Waals surface area contributed by atoms with Crippen molar-refractivity contribution in [1.29, 1.82) is 0 Å². The Morgan fingerprint density at radius 3 is 2.75 bits per heavy atom. The van der Waals surface area contributed by atoms with E-state index < -0.39 is 16.4 Å². The number of halogens is 1. The standard InChI is InChI=1S/C12H16ClN3O4/c1-12(15-2,11(14)17)6-7-20-10-8(13)4-3-5-9(10)16(18)19/h3-5,15H,6-7H2,1-2H3,(H2,14,17). The average molecular weight is 302 g/mol. The van der Waals surface area contributed by atoms with Crippen molar-refractivity contribution in [2.24, 2.45) is 5.73 Å². The molecule has 1 atom stereocenters. The zero-order chi connectivity index (χ0) is 15.3. The summed E-state index contributed by atoms with van der Waals surface area (Å²) in [6, 6.07) is 4.26. The SMILES string of the molecule is CNC(C)(CCOc1c(Cl)cccc1[N+](=O)[O-])C(N)=O. The number of nitrogens with two attached hydrogens (primary N) is 1. The summed E-state index contributed by atoms with van der Waals surface area (Å²) in [5, 5.41) is 13.8. The first-order chi connectivity index (χ1) is 9.31. The predicted molar refractivity (Wildman–Crippen MR) is 74.9 cm³/mol. The molecule has 3 N–H and O–H groups in total. The van der Waals surface area contributed by atoms with Gasteiger partial charge in [0.1, 0.15) is 0 Å². The van der Waals surface area contributed by atoms with Gasteiger partial charge in [0.05, 0.1) is 22.1 Å². The predicted octanol–water partition coefficient (Wildman–Crippen LogP) is 1.48. The lowest BCUT2D eigenvalue weighted by Crippen LogP contribution is -2.52. The van der Waals surface area contributed by atoms with Gasteiger partial charge >= 0.3 is 5.69 Å². The van der Waals surface area contributed by atoms with E-state index >= 15 is 0 Å². The quantitative estimate of drug-likeness (QED) is 0.586. The highest BCUT2D eigenvalue weighted by Crippen LogP contribution is 2.34. The summed E-state index contributed by atoms with van der Waals surface area (Å²) in [5.41, 5.74) is 4.11. The molecule has 1 unspecified atom stereocenters. The lowest BCUT2D eigenvalue weighted by Gasteiger charge is -2.25. The number of carbonyl (C=O) groups is 1. The fourth-order valence-electron chi connectivity index (χ4n) is 1.51. The van der Waals surface area contributed by atoms with Gasteiger partial charge in [0.15, 0.2) is 0 Å². The summed E-state index contributed by atoms with van der Waals surface area (Å²) in [6.07, 6.45) is 0.251. The summed E-state index contributed by atoms with van der Waals surface area (Å²) in [4.78, 5) is 21.6. The number of nitrogens with one attached hydrogen (secondary N) is 1. The Bertz CT molecular complexity index is 523. The molecule has 0 aliphatic rings. The maximum absolute atomic E-state index is 11.3. The number of ether oxygens (including phenoxy) is 1. The molecule has 0 saturated carbocycles.